The van der Waals surface area contributed by atoms with Crippen molar-refractivity contribution in [1.82, 2.24) is 0 Å². The first kappa shape index (κ1) is 13.8. The van der Waals surface area contributed by atoms with Crippen LogP contribution in [0, 0.1) is 12.8 Å². The lowest BCUT2D eigenvalue weighted by Crippen LogP contribution is -2.21. The van der Waals surface area contributed by atoms with Gasteiger partial charge in [0.05, 0.1) is 13.2 Å². The van der Waals surface area contributed by atoms with E-state index < -0.39 is 0 Å². The summed E-state index contributed by atoms with van der Waals surface area (Å²) in [5.41, 5.74) is 8.03. The number of rotatable bonds is 5. The molecule has 1 aliphatic heterocycles. The zero-order valence-corrected chi connectivity index (χ0v) is 11.1. The Bertz CT molecular complexity index is 442. The summed E-state index contributed by atoms with van der Waals surface area (Å²) in [5.74, 6) is 0.259. The lowest BCUT2D eigenvalue weighted by molar-refractivity contribution is -0.121. The maximum atomic E-state index is 11.7. The molecule has 0 bridgehead atoms. The van der Waals surface area contributed by atoms with Crippen molar-refractivity contribution in [3.05, 3.63) is 23.8 Å². The second-order valence-electron chi connectivity index (χ2n) is 4.87. The summed E-state index contributed by atoms with van der Waals surface area (Å²) in [4.78, 5) is 11.7. The quantitative estimate of drug-likeness (QED) is 0.792. The minimum absolute atomic E-state index is 0.0603. The van der Waals surface area contributed by atoms with Crippen LogP contribution in [0.25, 0.3) is 0 Å². The average Bonchev–Trinajstić information content (AvgIpc) is 2.87. The van der Waals surface area contributed by atoms with Gasteiger partial charge in [-0.3, -0.25) is 4.79 Å². The molecular formula is C14H20N2O3. The summed E-state index contributed by atoms with van der Waals surface area (Å²) >= 11 is 0. The van der Waals surface area contributed by atoms with Crippen molar-refractivity contribution in [2.24, 2.45) is 5.92 Å². The molecule has 0 radical (unpaired) electrons. The molecule has 0 spiro atoms. The largest absolute Gasteiger partial charge is 0.399 e. The van der Waals surface area contributed by atoms with Gasteiger partial charge in [0.2, 0.25) is 5.91 Å². The molecule has 0 saturated carbocycles. The van der Waals surface area contributed by atoms with Gasteiger partial charge in [-0.2, -0.15) is 0 Å². The zero-order valence-electron chi connectivity index (χ0n) is 11.1. The fourth-order valence-electron chi connectivity index (χ4n) is 1.99. The van der Waals surface area contributed by atoms with Crippen molar-refractivity contribution in [3.8, 4) is 0 Å². The summed E-state index contributed by atoms with van der Waals surface area (Å²) in [7, 11) is 0. The van der Waals surface area contributed by atoms with E-state index in [1.54, 1.807) is 6.07 Å². The van der Waals surface area contributed by atoms with E-state index in [1.165, 1.54) is 0 Å². The number of nitrogen functional groups attached to an aromatic ring is 1. The molecule has 0 aliphatic carbocycles. The number of carbonyl (C=O) groups excluding carboxylic acids is 1. The van der Waals surface area contributed by atoms with Gasteiger partial charge in [0.15, 0.2) is 0 Å². The van der Waals surface area contributed by atoms with Crippen LogP contribution in [0.3, 0.4) is 0 Å². The van der Waals surface area contributed by atoms with Crippen molar-refractivity contribution in [1.29, 1.82) is 0 Å². The number of hydrogen-bond acceptors (Lipinski definition) is 4. The molecule has 5 heteroatoms. The fraction of sp³-hybridized carbons (Fsp3) is 0.500. The van der Waals surface area contributed by atoms with Crippen LogP contribution in [0.1, 0.15) is 12.0 Å². The highest BCUT2D eigenvalue weighted by atomic mass is 16.5. The van der Waals surface area contributed by atoms with Crippen LogP contribution < -0.4 is 11.1 Å². The monoisotopic (exact) mass is 264 g/mol. The van der Waals surface area contributed by atoms with Gasteiger partial charge in [-0.25, -0.2) is 0 Å². The minimum atomic E-state index is -0.160. The molecule has 1 atom stereocenters. The number of amides is 1. The van der Waals surface area contributed by atoms with E-state index in [2.05, 4.69) is 5.32 Å². The lowest BCUT2D eigenvalue weighted by atomic mass is 10.1. The molecule has 0 aromatic heterocycles. The first-order chi connectivity index (χ1) is 9.15. The smallest absolute Gasteiger partial charge is 0.250 e. The van der Waals surface area contributed by atoms with E-state index >= 15 is 0 Å². The van der Waals surface area contributed by atoms with E-state index in [0.29, 0.717) is 18.2 Å². The van der Waals surface area contributed by atoms with Gasteiger partial charge in [0, 0.05) is 23.9 Å². The molecule has 104 valence electrons. The van der Waals surface area contributed by atoms with Crippen LogP contribution in [0.5, 0.6) is 0 Å². The van der Waals surface area contributed by atoms with E-state index in [-0.39, 0.29) is 12.5 Å². The van der Waals surface area contributed by atoms with Crippen molar-refractivity contribution in [2.75, 3.05) is 37.5 Å². The molecule has 1 fully saturated rings. The number of benzene rings is 1. The summed E-state index contributed by atoms with van der Waals surface area (Å²) in [6, 6.07) is 5.43. The Balaban J connectivity index is 1.75. The fourth-order valence-corrected chi connectivity index (χ4v) is 1.99. The highest BCUT2D eigenvalue weighted by Gasteiger charge is 2.16. The van der Waals surface area contributed by atoms with Crippen LogP contribution in [0.15, 0.2) is 18.2 Å². The summed E-state index contributed by atoms with van der Waals surface area (Å²) < 4.78 is 10.6. The Morgan fingerprint density at radius 2 is 2.42 bits per heavy atom. The number of nitrogens with one attached hydrogen (secondary N) is 1. The third kappa shape index (κ3) is 4.22. The number of ether oxygens (including phenoxy) is 2. The number of anilines is 2. The van der Waals surface area contributed by atoms with Crippen molar-refractivity contribution < 1.29 is 14.3 Å². The lowest BCUT2D eigenvalue weighted by Gasteiger charge is -2.11. The van der Waals surface area contributed by atoms with E-state index in [1.807, 2.05) is 19.1 Å². The summed E-state index contributed by atoms with van der Waals surface area (Å²) in [6.07, 6.45) is 1.01. The third-order valence-electron chi connectivity index (χ3n) is 3.15. The average molecular weight is 264 g/mol. The molecule has 3 N–H and O–H groups in total. The number of aryl methyl sites for hydroxylation is 1. The molecule has 1 unspecified atom stereocenters. The topological polar surface area (TPSA) is 73.6 Å². The van der Waals surface area contributed by atoms with Gasteiger partial charge in [0.25, 0.3) is 0 Å². The number of nitrogens with two attached hydrogens (primary N) is 1. The predicted molar refractivity (Wildman–Crippen MR) is 74.0 cm³/mol. The molecule has 19 heavy (non-hydrogen) atoms. The second-order valence-corrected chi connectivity index (χ2v) is 4.87. The predicted octanol–water partition coefficient (Wildman–Crippen LogP) is 1.57. The van der Waals surface area contributed by atoms with Crippen LogP contribution >= 0.6 is 0 Å². The number of carbonyl (C=O) groups is 1. The molecule has 1 saturated heterocycles. The Morgan fingerprint density at radius 1 is 1.58 bits per heavy atom. The van der Waals surface area contributed by atoms with Crippen molar-refractivity contribution >= 4 is 17.3 Å². The van der Waals surface area contributed by atoms with E-state index in [0.717, 1.165) is 30.9 Å². The van der Waals surface area contributed by atoms with Crippen LogP contribution in [-0.4, -0.2) is 32.3 Å². The highest BCUT2D eigenvalue weighted by molar-refractivity contribution is 5.92. The maximum Gasteiger partial charge on any atom is 0.250 e. The van der Waals surface area contributed by atoms with Gasteiger partial charge in [0.1, 0.15) is 6.61 Å². The van der Waals surface area contributed by atoms with Gasteiger partial charge in [-0.15, -0.1) is 0 Å². The molecular weight excluding hydrogens is 244 g/mol. The zero-order chi connectivity index (χ0) is 13.7. The Kier molecular flexibility index (Phi) is 4.76. The Labute approximate surface area is 113 Å². The van der Waals surface area contributed by atoms with E-state index in [9.17, 15) is 4.79 Å². The second kappa shape index (κ2) is 6.54. The van der Waals surface area contributed by atoms with Gasteiger partial charge in [-0.05, 0) is 31.0 Å². The standard InChI is InChI=1S/C14H20N2O3/c1-10-2-3-12(15)6-13(10)16-14(17)9-19-8-11-4-5-18-7-11/h2-3,6,11H,4-5,7-9,15H2,1H3,(H,16,17). The normalized spacial score (nSPS) is 18.5. The van der Waals surface area contributed by atoms with Crippen molar-refractivity contribution in [3.63, 3.8) is 0 Å². The first-order valence-electron chi connectivity index (χ1n) is 6.46. The summed E-state index contributed by atoms with van der Waals surface area (Å²) in [6.45, 7) is 4.08. The molecule has 1 aromatic carbocycles. The maximum absolute atomic E-state index is 11.7. The first-order valence-corrected chi connectivity index (χ1v) is 6.46. The highest BCUT2D eigenvalue weighted by Crippen LogP contribution is 2.18. The van der Waals surface area contributed by atoms with Crippen LogP contribution in [-0.2, 0) is 14.3 Å². The van der Waals surface area contributed by atoms with Crippen molar-refractivity contribution in [2.45, 2.75) is 13.3 Å². The summed E-state index contributed by atoms with van der Waals surface area (Å²) in [5, 5.41) is 2.80. The molecule has 1 heterocycles. The SMILES string of the molecule is Cc1ccc(N)cc1NC(=O)COCC1CCOC1. The van der Waals surface area contributed by atoms with Crippen LogP contribution in [0.2, 0.25) is 0 Å². The Morgan fingerprint density at radius 3 is 3.16 bits per heavy atom. The Hall–Kier alpha value is -1.59. The molecule has 1 amide bonds. The molecule has 5 nitrogen and oxygen atoms in total. The van der Waals surface area contributed by atoms with Crippen LogP contribution in [0.4, 0.5) is 11.4 Å². The minimum Gasteiger partial charge on any atom is -0.399 e. The van der Waals surface area contributed by atoms with Gasteiger partial charge in [-0.1, -0.05) is 6.07 Å². The molecule has 1 aromatic rings. The number of hydrogen-bond donors (Lipinski definition) is 2. The molecule has 1 aliphatic rings. The third-order valence-corrected chi connectivity index (χ3v) is 3.15. The van der Waals surface area contributed by atoms with Gasteiger partial charge >= 0.3 is 0 Å². The van der Waals surface area contributed by atoms with Gasteiger partial charge < -0.3 is 20.5 Å². The van der Waals surface area contributed by atoms with E-state index in [4.69, 9.17) is 15.2 Å². The molecule has 2 rings (SSSR count).